The van der Waals surface area contributed by atoms with E-state index in [1.165, 1.54) is 0 Å². The van der Waals surface area contributed by atoms with Crippen molar-refractivity contribution in [1.82, 2.24) is 4.98 Å². The van der Waals surface area contributed by atoms with Crippen molar-refractivity contribution in [3.05, 3.63) is 53.2 Å². The number of rotatable bonds is 2. The molecule has 2 rings (SSSR count). The number of ether oxygens (including phenoxy) is 1. The van der Waals surface area contributed by atoms with Gasteiger partial charge in [0.25, 0.3) is 0 Å². The highest BCUT2D eigenvalue weighted by molar-refractivity contribution is 5.46. The second-order valence-corrected chi connectivity index (χ2v) is 4.10. The van der Waals surface area contributed by atoms with E-state index in [9.17, 15) is 13.2 Å². The van der Waals surface area contributed by atoms with Crippen LogP contribution in [-0.4, -0.2) is 4.98 Å². The first-order valence-electron chi connectivity index (χ1n) is 5.62. The number of pyridine rings is 1. The van der Waals surface area contributed by atoms with Crippen LogP contribution in [0.2, 0.25) is 0 Å². The van der Waals surface area contributed by atoms with Crippen LogP contribution in [0.3, 0.4) is 0 Å². The van der Waals surface area contributed by atoms with Gasteiger partial charge in [-0.25, -0.2) is 4.98 Å². The highest BCUT2D eigenvalue weighted by atomic mass is 19.4. The molecular weight excluding hydrogens is 269 g/mol. The summed E-state index contributed by atoms with van der Waals surface area (Å²) in [5, 5.41) is 8.97. The number of aryl methyl sites for hydroxylation is 1. The van der Waals surface area contributed by atoms with Crippen molar-refractivity contribution in [2.24, 2.45) is 0 Å². The zero-order valence-electron chi connectivity index (χ0n) is 10.4. The van der Waals surface area contributed by atoms with Crippen LogP contribution >= 0.6 is 0 Å². The first-order chi connectivity index (χ1) is 9.40. The molecule has 3 nitrogen and oxygen atoms in total. The Labute approximate surface area is 113 Å². The molecule has 0 bridgehead atoms. The summed E-state index contributed by atoms with van der Waals surface area (Å²) in [6.07, 6.45) is -3.75. The number of benzene rings is 1. The van der Waals surface area contributed by atoms with E-state index in [1.54, 1.807) is 18.2 Å². The van der Waals surface area contributed by atoms with E-state index in [2.05, 4.69) is 4.98 Å². The lowest BCUT2D eigenvalue weighted by molar-refractivity contribution is -0.137. The van der Waals surface area contributed by atoms with Crippen molar-refractivity contribution in [3.63, 3.8) is 0 Å². The van der Waals surface area contributed by atoms with Gasteiger partial charge < -0.3 is 4.74 Å². The van der Waals surface area contributed by atoms with E-state index in [-0.39, 0.29) is 11.6 Å². The molecule has 0 fully saturated rings. The summed E-state index contributed by atoms with van der Waals surface area (Å²) in [6.45, 7) is 1.82. The fraction of sp³-hybridized carbons (Fsp3) is 0.143. The Morgan fingerprint density at radius 2 is 1.95 bits per heavy atom. The van der Waals surface area contributed by atoms with Gasteiger partial charge in [0.2, 0.25) is 5.88 Å². The molecule has 102 valence electrons. The summed E-state index contributed by atoms with van der Waals surface area (Å²) in [5.74, 6) is 0.253. The van der Waals surface area contributed by atoms with Crippen LogP contribution in [0.5, 0.6) is 11.6 Å². The van der Waals surface area contributed by atoms with E-state index < -0.39 is 11.7 Å². The predicted octanol–water partition coefficient (Wildman–Crippen LogP) is 4.07. The monoisotopic (exact) mass is 278 g/mol. The van der Waals surface area contributed by atoms with Gasteiger partial charge in [-0.3, -0.25) is 0 Å². The van der Waals surface area contributed by atoms with E-state index in [1.807, 2.05) is 13.0 Å². The Bertz CT molecular complexity index is 658. The lowest BCUT2D eigenvalue weighted by Gasteiger charge is -2.09. The Kier molecular flexibility index (Phi) is 3.61. The highest BCUT2D eigenvalue weighted by Gasteiger charge is 2.30. The summed E-state index contributed by atoms with van der Waals surface area (Å²) in [5.41, 5.74) is 0.329. The second-order valence-electron chi connectivity index (χ2n) is 4.10. The maximum atomic E-state index is 12.4. The number of nitriles is 1. The summed E-state index contributed by atoms with van der Waals surface area (Å²) >= 11 is 0. The van der Waals surface area contributed by atoms with Crippen molar-refractivity contribution < 1.29 is 17.9 Å². The van der Waals surface area contributed by atoms with Crippen molar-refractivity contribution in [2.45, 2.75) is 13.1 Å². The maximum Gasteiger partial charge on any atom is 0.417 e. The van der Waals surface area contributed by atoms with Crippen LogP contribution in [-0.2, 0) is 6.18 Å². The number of halogens is 3. The third-order valence-corrected chi connectivity index (χ3v) is 2.53. The summed E-state index contributed by atoms with van der Waals surface area (Å²) in [7, 11) is 0. The van der Waals surface area contributed by atoms with Gasteiger partial charge in [0, 0.05) is 12.3 Å². The van der Waals surface area contributed by atoms with Gasteiger partial charge in [-0.05, 0) is 30.7 Å². The highest BCUT2D eigenvalue weighted by Crippen LogP contribution is 2.30. The van der Waals surface area contributed by atoms with Crippen molar-refractivity contribution in [3.8, 4) is 17.7 Å². The average Bonchev–Trinajstić information content (AvgIpc) is 2.40. The third kappa shape index (κ3) is 3.06. The largest absolute Gasteiger partial charge is 0.438 e. The van der Waals surface area contributed by atoms with Gasteiger partial charge in [-0.1, -0.05) is 6.07 Å². The fourth-order valence-corrected chi connectivity index (χ4v) is 1.54. The molecule has 0 atom stereocenters. The molecule has 0 aliphatic heterocycles. The Hall–Kier alpha value is -2.55. The zero-order chi connectivity index (χ0) is 14.8. The normalized spacial score (nSPS) is 10.9. The van der Waals surface area contributed by atoms with Gasteiger partial charge in [-0.15, -0.1) is 0 Å². The zero-order valence-corrected chi connectivity index (χ0v) is 10.4. The second kappa shape index (κ2) is 5.21. The molecule has 1 heterocycles. The molecular formula is C14H9F3N2O. The first kappa shape index (κ1) is 13.9. The lowest BCUT2D eigenvalue weighted by atomic mass is 10.1. The van der Waals surface area contributed by atoms with E-state index in [4.69, 9.17) is 10.00 Å². The van der Waals surface area contributed by atoms with Crippen LogP contribution < -0.4 is 4.74 Å². The van der Waals surface area contributed by atoms with Gasteiger partial charge >= 0.3 is 6.18 Å². The molecule has 2 aromatic rings. The molecule has 1 aromatic carbocycles. The van der Waals surface area contributed by atoms with Crippen molar-refractivity contribution in [2.75, 3.05) is 0 Å². The summed E-state index contributed by atoms with van der Waals surface area (Å²) in [4.78, 5) is 3.59. The van der Waals surface area contributed by atoms with Crippen LogP contribution in [0, 0.1) is 18.3 Å². The predicted molar refractivity (Wildman–Crippen MR) is 65.2 cm³/mol. The molecule has 0 saturated carbocycles. The van der Waals surface area contributed by atoms with E-state index >= 15 is 0 Å². The van der Waals surface area contributed by atoms with Crippen LogP contribution in [0.1, 0.15) is 16.7 Å². The maximum absolute atomic E-state index is 12.4. The molecule has 0 unspecified atom stereocenters. The molecule has 0 aliphatic carbocycles. The van der Waals surface area contributed by atoms with Crippen molar-refractivity contribution in [1.29, 1.82) is 5.26 Å². The smallest absolute Gasteiger partial charge is 0.417 e. The molecule has 20 heavy (non-hydrogen) atoms. The lowest BCUT2D eigenvalue weighted by Crippen LogP contribution is -2.05. The number of hydrogen-bond donors (Lipinski definition) is 0. The number of alkyl halides is 3. The first-order valence-corrected chi connectivity index (χ1v) is 5.62. The molecule has 0 N–H and O–H groups in total. The number of aromatic nitrogens is 1. The van der Waals surface area contributed by atoms with Gasteiger partial charge in [0.15, 0.2) is 0 Å². The molecule has 1 aromatic heterocycles. The Balaban J connectivity index is 2.25. The topological polar surface area (TPSA) is 45.9 Å². The molecule has 0 spiro atoms. The minimum absolute atomic E-state index is 0.00152. The Morgan fingerprint density at radius 3 is 2.50 bits per heavy atom. The van der Waals surface area contributed by atoms with Crippen LogP contribution in [0.15, 0.2) is 36.5 Å². The molecule has 6 heteroatoms. The third-order valence-electron chi connectivity index (χ3n) is 2.53. The SMILES string of the molecule is Cc1ccc(Oc2ccc(C(F)(F)F)cn2)c(C#N)c1. The Morgan fingerprint density at radius 1 is 1.20 bits per heavy atom. The fourth-order valence-electron chi connectivity index (χ4n) is 1.54. The molecule has 0 saturated heterocycles. The van der Waals surface area contributed by atoms with Gasteiger partial charge in [0.1, 0.15) is 11.8 Å². The summed E-state index contributed by atoms with van der Waals surface area (Å²) < 4.78 is 42.5. The standard InChI is InChI=1S/C14H9F3N2O/c1-9-2-4-12(10(6-9)7-18)20-13-5-3-11(8-19-13)14(15,16)17/h2-6,8H,1H3. The number of hydrogen-bond acceptors (Lipinski definition) is 3. The average molecular weight is 278 g/mol. The van der Waals surface area contributed by atoms with Gasteiger partial charge in [-0.2, -0.15) is 18.4 Å². The van der Waals surface area contributed by atoms with E-state index in [0.29, 0.717) is 11.8 Å². The minimum atomic E-state index is -4.44. The molecule has 0 radical (unpaired) electrons. The summed E-state index contributed by atoms with van der Waals surface area (Å²) in [6, 6.07) is 8.89. The quantitative estimate of drug-likeness (QED) is 0.831. The van der Waals surface area contributed by atoms with E-state index in [0.717, 1.165) is 17.7 Å². The van der Waals surface area contributed by atoms with Crippen molar-refractivity contribution >= 4 is 0 Å². The molecule has 0 aliphatic rings. The minimum Gasteiger partial charge on any atom is -0.438 e. The molecule has 0 amide bonds. The van der Waals surface area contributed by atoms with Crippen LogP contribution in [0.4, 0.5) is 13.2 Å². The van der Waals surface area contributed by atoms with Gasteiger partial charge in [0.05, 0.1) is 11.1 Å². The van der Waals surface area contributed by atoms with Crippen LogP contribution in [0.25, 0.3) is 0 Å². The number of nitrogens with zero attached hydrogens (tertiary/aromatic N) is 2.